The van der Waals surface area contributed by atoms with Gasteiger partial charge in [-0.2, -0.15) is 0 Å². The van der Waals surface area contributed by atoms with Crippen LogP contribution in [0.1, 0.15) is 29.5 Å². The van der Waals surface area contributed by atoms with E-state index in [4.69, 9.17) is 0 Å². The first kappa shape index (κ1) is 14.1. The van der Waals surface area contributed by atoms with Crippen LogP contribution in [0.25, 0.3) is 0 Å². The van der Waals surface area contributed by atoms with Crippen LogP contribution in [-0.2, 0) is 22.9 Å². The van der Waals surface area contributed by atoms with Gasteiger partial charge in [0.1, 0.15) is 0 Å². The zero-order valence-electron chi connectivity index (χ0n) is 12.1. The molecule has 0 fully saturated rings. The molecule has 0 atom stereocenters. The zero-order valence-corrected chi connectivity index (χ0v) is 12.9. The smallest absolute Gasteiger partial charge is 0.261 e. The van der Waals surface area contributed by atoms with Crippen molar-refractivity contribution >= 4 is 15.7 Å². The predicted molar refractivity (Wildman–Crippen MR) is 85.1 cm³/mol. The minimum Gasteiger partial charge on any atom is -0.279 e. The van der Waals surface area contributed by atoms with Crippen molar-refractivity contribution in [2.45, 2.75) is 37.5 Å². The van der Waals surface area contributed by atoms with Crippen molar-refractivity contribution in [2.24, 2.45) is 0 Å². The average molecular weight is 301 g/mol. The van der Waals surface area contributed by atoms with Crippen molar-refractivity contribution in [2.75, 3.05) is 4.72 Å². The maximum atomic E-state index is 12.5. The molecule has 0 aromatic heterocycles. The highest BCUT2D eigenvalue weighted by Crippen LogP contribution is 2.29. The third-order valence-electron chi connectivity index (χ3n) is 3.94. The third kappa shape index (κ3) is 2.95. The molecule has 4 heteroatoms. The van der Waals surface area contributed by atoms with Gasteiger partial charge in [0.25, 0.3) is 10.0 Å². The summed E-state index contributed by atoms with van der Waals surface area (Å²) in [5.41, 5.74) is 4.09. The van der Waals surface area contributed by atoms with Crippen LogP contribution in [0.3, 0.4) is 0 Å². The van der Waals surface area contributed by atoms with Gasteiger partial charge < -0.3 is 0 Å². The highest BCUT2D eigenvalue weighted by Gasteiger charge is 2.18. The molecule has 2 aromatic rings. The summed E-state index contributed by atoms with van der Waals surface area (Å²) in [4.78, 5) is 0.316. The molecule has 0 unspecified atom stereocenters. The number of fused-ring (bicyclic) bond motifs is 1. The number of sulfonamides is 1. The number of benzene rings is 2. The lowest BCUT2D eigenvalue weighted by Gasteiger charge is -2.20. The first-order chi connectivity index (χ1) is 10.1. The molecule has 0 heterocycles. The number of rotatable bonds is 3. The van der Waals surface area contributed by atoms with Crippen LogP contribution in [0.15, 0.2) is 47.4 Å². The Bertz CT molecular complexity index is 766. The van der Waals surface area contributed by atoms with Gasteiger partial charge in [-0.25, -0.2) is 8.42 Å². The van der Waals surface area contributed by atoms with E-state index in [1.54, 1.807) is 18.2 Å². The molecule has 0 amide bonds. The fourth-order valence-electron chi connectivity index (χ4n) is 2.86. The Hall–Kier alpha value is -1.81. The first-order valence-corrected chi connectivity index (χ1v) is 8.75. The van der Waals surface area contributed by atoms with Gasteiger partial charge in [0.2, 0.25) is 0 Å². The van der Waals surface area contributed by atoms with E-state index in [9.17, 15) is 8.42 Å². The summed E-state index contributed by atoms with van der Waals surface area (Å²) in [5, 5.41) is 0. The van der Waals surface area contributed by atoms with E-state index >= 15 is 0 Å². The molecule has 0 spiro atoms. The van der Waals surface area contributed by atoms with Crippen molar-refractivity contribution in [3.63, 3.8) is 0 Å². The lowest BCUT2D eigenvalue weighted by molar-refractivity contribution is 0.601. The maximum Gasteiger partial charge on any atom is 0.261 e. The topological polar surface area (TPSA) is 46.2 Å². The maximum absolute atomic E-state index is 12.5. The van der Waals surface area contributed by atoms with Crippen LogP contribution in [0.5, 0.6) is 0 Å². The fraction of sp³-hybridized carbons (Fsp3) is 0.294. The highest BCUT2D eigenvalue weighted by atomic mass is 32.2. The summed E-state index contributed by atoms with van der Waals surface area (Å²) < 4.78 is 27.8. The van der Waals surface area contributed by atoms with Crippen LogP contribution in [0, 0.1) is 6.92 Å². The van der Waals surface area contributed by atoms with E-state index in [0.717, 1.165) is 36.1 Å². The van der Waals surface area contributed by atoms with Crippen LogP contribution < -0.4 is 4.72 Å². The Balaban J connectivity index is 1.96. The Kier molecular flexibility index (Phi) is 3.72. The number of nitrogens with one attached hydrogen (secondary N) is 1. The van der Waals surface area contributed by atoms with E-state index in [-0.39, 0.29) is 0 Å². The summed E-state index contributed by atoms with van der Waals surface area (Å²) in [7, 11) is -3.52. The van der Waals surface area contributed by atoms with Crippen molar-refractivity contribution in [1.29, 1.82) is 0 Å². The van der Waals surface area contributed by atoms with Gasteiger partial charge in [-0.05, 0) is 67.5 Å². The molecule has 1 N–H and O–H groups in total. The molecule has 1 aliphatic rings. The summed E-state index contributed by atoms with van der Waals surface area (Å²) >= 11 is 0. The second-order valence-corrected chi connectivity index (χ2v) is 7.25. The average Bonchev–Trinajstić information content (AvgIpc) is 2.47. The molecule has 3 rings (SSSR count). The summed E-state index contributed by atoms with van der Waals surface area (Å²) in [5.74, 6) is 0. The van der Waals surface area contributed by atoms with Crippen LogP contribution in [0.2, 0.25) is 0 Å². The molecule has 0 aliphatic heterocycles. The van der Waals surface area contributed by atoms with Crippen LogP contribution in [0.4, 0.5) is 5.69 Å². The van der Waals surface area contributed by atoms with E-state index in [1.165, 1.54) is 12.0 Å². The normalized spacial score (nSPS) is 14.5. The molecular weight excluding hydrogens is 282 g/mol. The van der Waals surface area contributed by atoms with Crippen LogP contribution in [-0.4, -0.2) is 8.42 Å². The summed E-state index contributed by atoms with van der Waals surface area (Å²) in [6, 6.07) is 12.9. The Morgan fingerprint density at radius 2 is 1.76 bits per heavy atom. The Labute approximate surface area is 126 Å². The largest absolute Gasteiger partial charge is 0.279 e. The lowest BCUT2D eigenvalue weighted by atomic mass is 9.91. The van der Waals surface area contributed by atoms with Gasteiger partial charge >= 0.3 is 0 Å². The molecular formula is C17H19NO2S. The van der Waals surface area contributed by atoms with E-state index < -0.39 is 10.0 Å². The SMILES string of the molecule is Cc1cccc(S(=O)(=O)Nc2cccc3c2CCCC3)c1. The monoisotopic (exact) mass is 301 g/mol. The molecule has 3 nitrogen and oxygen atoms in total. The number of hydrogen-bond donors (Lipinski definition) is 1. The molecule has 1 aliphatic carbocycles. The number of anilines is 1. The molecule has 0 saturated carbocycles. The van der Waals surface area contributed by atoms with Crippen molar-refractivity contribution in [1.82, 2.24) is 0 Å². The quantitative estimate of drug-likeness (QED) is 0.940. The van der Waals surface area contributed by atoms with Gasteiger partial charge in [-0.1, -0.05) is 24.3 Å². The van der Waals surface area contributed by atoms with Gasteiger partial charge in [0, 0.05) is 0 Å². The lowest BCUT2D eigenvalue weighted by Crippen LogP contribution is -2.16. The molecule has 110 valence electrons. The minimum absolute atomic E-state index is 0.316. The van der Waals surface area contributed by atoms with Crippen LogP contribution >= 0.6 is 0 Å². The van der Waals surface area contributed by atoms with E-state index in [0.29, 0.717) is 4.90 Å². The highest BCUT2D eigenvalue weighted by molar-refractivity contribution is 7.92. The molecule has 21 heavy (non-hydrogen) atoms. The fourth-order valence-corrected chi connectivity index (χ4v) is 4.06. The van der Waals surface area contributed by atoms with Gasteiger partial charge in [0.15, 0.2) is 0 Å². The number of aryl methyl sites for hydroxylation is 2. The van der Waals surface area contributed by atoms with Crippen molar-refractivity contribution in [3.8, 4) is 0 Å². The second kappa shape index (κ2) is 5.53. The Morgan fingerprint density at radius 3 is 2.57 bits per heavy atom. The molecule has 2 aromatic carbocycles. The van der Waals surface area contributed by atoms with Crippen molar-refractivity contribution < 1.29 is 8.42 Å². The standard InChI is InChI=1S/C17H19NO2S/c1-13-6-4-9-15(12-13)21(19,20)18-17-11-5-8-14-7-2-3-10-16(14)17/h4-6,8-9,11-12,18H,2-3,7,10H2,1H3. The summed E-state index contributed by atoms with van der Waals surface area (Å²) in [6.45, 7) is 1.89. The summed E-state index contributed by atoms with van der Waals surface area (Å²) in [6.07, 6.45) is 4.29. The first-order valence-electron chi connectivity index (χ1n) is 7.26. The minimum atomic E-state index is -3.52. The second-order valence-electron chi connectivity index (χ2n) is 5.57. The zero-order chi connectivity index (χ0) is 14.9. The Morgan fingerprint density at radius 1 is 1.00 bits per heavy atom. The molecule has 0 radical (unpaired) electrons. The third-order valence-corrected chi connectivity index (χ3v) is 5.30. The molecule has 0 bridgehead atoms. The van der Waals surface area contributed by atoms with Gasteiger partial charge in [-0.15, -0.1) is 0 Å². The van der Waals surface area contributed by atoms with Gasteiger partial charge in [0.05, 0.1) is 10.6 Å². The number of hydrogen-bond acceptors (Lipinski definition) is 2. The van der Waals surface area contributed by atoms with E-state index in [2.05, 4.69) is 10.8 Å². The van der Waals surface area contributed by atoms with Gasteiger partial charge in [-0.3, -0.25) is 4.72 Å². The van der Waals surface area contributed by atoms with E-state index in [1.807, 2.05) is 25.1 Å². The predicted octanol–water partition coefficient (Wildman–Crippen LogP) is 3.67. The molecule has 0 saturated heterocycles. The van der Waals surface area contributed by atoms with Crippen molar-refractivity contribution in [3.05, 3.63) is 59.2 Å².